The van der Waals surface area contributed by atoms with Crippen molar-refractivity contribution in [3.8, 4) is 0 Å². The maximum atomic E-state index is 12.8. The van der Waals surface area contributed by atoms with Crippen LogP contribution >= 0.6 is 15.9 Å². The topological polar surface area (TPSA) is 63.4 Å². The van der Waals surface area contributed by atoms with Gasteiger partial charge >= 0.3 is 0 Å². The molecule has 0 heterocycles. The average Bonchev–Trinajstić information content (AvgIpc) is 2.49. The Bertz CT molecular complexity index is 596. The fourth-order valence-corrected chi connectivity index (χ4v) is 5.07. The van der Waals surface area contributed by atoms with Crippen molar-refractivity contribution in [3.05, 3.63) is 22.7 Å². The van der Waals surface area contributed by atoms with E-state index >= 15 is 0 Å². The zero-order chi connectivity index (χ0) is 15.6. The van der Waals surface area contributed by atoms with Crippen LogP contribution < -0.4 is 5.73 Å². The summed E-state index contributed by atoms with van der Waals surface area (Å²) in [6, 6.07) is 5.04. The van der Waals surface area contributed by atoms with Gasteiger partial charge in [0.25, 0.3) is 0 Å². The highest BCUT2D eigenvalue weighted by molar-refractivity contribution is 9.10. The van der Waals surface area contributed by atoms with Gasteiger partial charge in [0.2, 0.25) is 10.0 Å². The number of sulfonamides is 1. The molecular weight excluding hydrogens is 352 g/mol. The Kier molecular flexibility index (Phi) is 5.33. The number of rotatable bonds is 4. The van der Waals surface area contributed by atoms with Crippen LogP contribution in [0.15, 0.2) is 27.6 Å². The second-order valence-electron chi connectivity index (χ2n) is 5.79. The van der Waals surface area contributed by atoms with Crippen LogP contribution in [0.5, 0.6) is 0 Å². The molecule has 0 radical (unpaired) electrons. The van der Waals surface area contributed by atoms with E-state index in [-0.39, 0.29) is 10.9 Å². The van der Waals surface area contributed by atoms with Crippen LogP contribution in [0.4, 0.5) is 5.69 Å². The predicted molar refractivity (Wildman–Crippen MR) is 89.5 cm³/mol. The highest BCUT2D eigenvalue weighted by atomic mass is 79.9. The van der Waals surface area contributed by atoms with Crippen LogP contribution in [-0.2, 0) is 10.0 Å². The first-order valence-electron chi connectivity index (χ1n) is 7.39. The first-order chi connectivity index (χ1) is 9.86. The molecule has 6 heteroatoms. The molecule has 1 fully saturated rings. The van der Waals surface area contributed by atoms with Crippen LogP contribution in [-0.4, -0.2) is 25.8 Å². The van der Waals surface area contributed by atoms with Gasteiger partial charge in [-0.2, -0.15) is 4.31 Å². The molecule has 1 aliphatic carbocycles. The quantitative estimate of drug-likeness (QED) is 0.818. The first-order valence-corrected chi connectivity index (χ1v) is 9.62. The molecule has 0 bridgehead atoms. The minimum Gasteiger partial charge on any atom is -0.398 e. The molecule has 0 aromatic heterocycles. The Hall–Kier alpha value is -0.590. The Balaban J connectivity index is 2.21. The monoisotopic (exact) mass is 374 g/mol. The number of anilines is 1. The summed E-state index contributed by atoms with van der Waals surface area (Å²) in [6.45, 7) is 2.20. The van der Waals surface area contributed by atoms with Gasteiger partial charge in [-0.25, -0.2) is 8.42 Å². The number of benzene rings is 1. The van der Waals surface area contributed by atoms with Crippen molar-refractivity contribution < 1.29 is 8.42 Å². The Labute approximate surface area is 135 Å². The molecule has 4 nitrogen and oxygen atoms in total. The highest BCUT2D eigenvalue weighted by Gasteiger charge is 2.32. The third-order valence-corrected chi connectivity index (χ3v) is 7.00. The van der Waals surface area contributed by atoms with Gasteiger partial charge in [0, 0.05) is 17.6 Å². The number of nitrogen functional groups attached to an aromatic ring is 1. The van der Waals surface area contributed by atoms with Gasteiger partial charge < -0.3 is 5.73 Å². The van der Waals surface area contributed by atoms with Crippen molar-refractivity contribution in [1.29, 1.82) is 0 Å². The Morgan fingerprint density at radius 3 is 2.48 bits per heavy atom. The van der Waals surface area contributed by atoms with Gasteiger partial charge in [-0.3, -0.25) is 0 Å². The summed E-state index contributed by atoms with van der Waals surface area (Å²) in [6.07, 6.45) is 5.26. The standard InChI is InChI=1S/C15H23BrN2O2S/c1-3-11-4-7-13(8-5-11)18(2)21(19,20)15-10-12(16)6-9-14(15)17/h6,9-11,13H,3-5,7-8,17H2,1-2H3. The lowest BCUT2D eigenvalue weighted by Gasteiger charge is -2.33. The normalized spacial score (nSPS) is 23.4. The fraction of sp³-hybridized carbons (Fsp3) is 0.600. The zero-order valence-corrected chi connectivity index (χ0v) is 15.0. The van der Waals surface area contributed by atoms with Gasteiger partial charge in [0.15, 0.2) is 0 Å². The lowest BCUT2D eigenvalue weighted by Crippen LogP contribution is -2.39. The molecule has 2 N–H and O–H groups in total. The van der Waals surface area contributed by atoms with Gasteiger partial charge in [-0.15, -0.1) is 0 Å². The molecule has 21 heavy (non-hydrogen) atoms. The van der Waals surface area contributed by atoms with Gasteiger partial charge in [0.05, 0.1) is 5.69 Å². The van der Waals surface area contributed by atoms with Crippen LogP contribution in [0.2, 0.25) is 0 Å². The molecular formula is C15H23BrN2O2S. The summed E-state index contributed by atoms with van der Waals surface area (Å²) in [5.41, 5.74) is 6.16. The summed E-state index contributed by atoms with van der Waals surface area (Å²) < 4.78 is 27.8. The minimum absolute atomic E-state index is 0.0798. The van der Waals surface area contributed by atoms with Crippen LogP contribution in [0, 0.1) is 5.92 Å². The minimum atomic E-state index is -3.54. The molecule has 1 aromatic carbocycles. The summed E-state index contributed by atoms with van der Waals surface area (Å²) in [7, 11) is -1.86. The lowest BCUT2D eigenvalue weighted by molar-refractivity contribution is 0.233. The number of hydrogen-bond donors (Lipinski definition) is 1. The van der Waals surface area contributed by atoms with E-state index in [1.807, 2.05) is 0 Å². The van der Waals surface area contributed by atoms with Crippen LogP contribution in [0.1, 0.15) is 39.0 Å². The largest absolute Gasteiger partial charge is 0.398 e. The molecule has 0 spiro atoms. The van der Waals surface area contributed by atoms with E-state index < -0.39 is 10.0 Å². The molecule has 0 atom stereocenters. The molecule has 1 aliphatic rings. The number of nitrogens with two attached hydrogens (primary N) is 1. The predicted octanol–water partition coefficient (Wildman–Crippen LogP) is 3.62. The van der Waals surface area contributed by atoms with Crippen molar-refractivity contribution in [2.45, 2.75) is 50.0 Å². The van der Waals surface area contributed by atoms with Crippen LogP contribution in [0.25, 0.3) is 0 Å². The summed E-state index contributed by atoms with van der Waals surface area (Å²) in [4.78, 5) is 0.192. The molecule has 0 amide bonds. The van der Waals surface area contributed by atoms with Gasteiger partial charge in [-0.1, -0.05) is 29.3 Å². The smallest absolute Gasteiger partial charge is 0.245 e. The number of nitrogens with zero attached hydrogens (tertiary/aromatic N) is 1. The second-order valence-corrected chi connectivity index (χ2v) is 8.67. The van der Waals surface area contributed by atoms with Gasteiger partial charge in [-0.05, 0) is 49.8 Å². The highest BCUT2D eigenvalue weighted by Crippen LogP contribution is 2.33. The number of halogens is 1. The number of hydrogen-bond acceptors (Lipinski definition) is 3. The lowest BCUT2D eigenvalue weighted by atomic mass is 9.85. The molecule has 0 aliphatic heterocycles. The van der Waals surface area contributed by atoms with E-state index in [1.54, 1.807) is 25.2 Å². The van der Waals surface area contributed by atoms with Crippen molar-refractivity contribution in [2.75, 3.05) is 12.8 Å². The molecule has 1 aromatic rings. The Morgan fingerprint density at radius 1 is 1.29 bits per heavy atom. The van der Waals surface area contributed by atoms with E-state index in [0.29, 0.717) is 5.69 Å². The van der Waals surface area contributed by atoms with E-state index in [4.69, 9.17) is 5.73 Å². The second kappa shape index (κ2) is 6.67. The molecule has 118 valence electrons. The molecule has 2 rings (SSSR count). The average molecular weight is 375 g/mol. The maximum Gasteiger partial charge on any atom is 0.245 e. The van der Waals surface area contributed by atoms with Crippen molar-refractivity contribution in [2.24, 2.45) is 5.92 Å². The van der Waals surface area contributed by atoms with Crippen molar-refractivity contribution >= 4 is 31.6 Å². The Morgan fingerprint density at radius 2 is 1.90 bits per heavy atom. The molecule has 1 saturated carbocycles. The van der Waals surface area contributed by atoms with E-state index in [2.05, 4.69) is 22.9 Å². The third-order valence-electron chi connectivity index (χ3n) is 4.54. The maximum absolute atomic E-state index is 12.8. The summed E-state index contributed by atoms with van der Waals surface area (Å²) in [5, 5.41) is 0. The van der Waals surface area contributed by atoms with E-state index in [1.165, 1.54) is 10.7 Å². The summed E-state index contributed by atoms with van der Waals surface area (Å²) in [5.74, 6) is 0.744. The van der Waals surface area contributed by atoms with E-state index in [9.17, 15) is 8.42 Å². The van der Waals surface area contributed by atoms with Crippen molar-refractivity contribution in [1.82, 2.24) is 4.31 Å². The fourth-order valence-electron chi connectivity index (χ4n) is 3.00. The summed E-state index contributed by atoms with van der Waals surface area (Å²) >= 11 is 3.31. The molecule has 0 unspecified atom stereocenters. The first kappa shape index (κ1) is 16.8. The zero-order valence-electron chi connectivity index (χ0n) is 12.5. The van der Waals surface area contributed by atoms with E-state index in [0.717, 1.165) is 36.1 Å². The van der Waals surface area contributed by atoms with Crippen LogP contribution in [0.3, 0.4) is 0 Å². The SMILES string of the molecule is CCC1CCC(N(C)S(=O)(=O)c2cc(Br)ccc2N)CC1. The van der Waals surface area contributed by atoms with Crippen molar-refractivity contribution in [3.63, 3.8) is 0 Å². The van der Waals surface area contributed by atoms with Gasteiger partial charge in [0.1, 0.15) is 4.90 Å². The third kappa shape index (κ3) is 3.60. The molecule has 0 saturated heterocycles.